The molecule has 6 nitrogen and oxygen atoms in total. The number of fused-ring (bicyclic) bond motifs is 1. The van der Waals surface area contributed by atoms with Gasteiger partial charge in [-0.15, -0.1) is 0 Å². The molecule has 0 fully saturated rings. The normalized spacial score (nSPS) is 10.9. The van der Waals surface area contributed by atoms with Gasteiger partial charge >= 0.3 is 6.03 Å². The number of hydrogen-bond acceptors (Lipinski definition) is 4. The number of amides is 2. The number of carbonyl (C=O) groups is 1. The quantitative estimate of drug-likeness (QED) is 0.189. The van der Waals surface area contributed by atoms with Crippen LogP contribution in [0.3, 0.4) is 0 Å². The lowest BCUT2D eigenvalue weighted by atomic mass is 10.1. The maximum absolute atomic E-state index is 12.1. The molecule has 0 heterocycles. The molecule has 4 rings (SSSR count). The van der Waals surface area contributed by atoms with E-state index >= 15 is 0 Å². The maximum atomic E-state index is 12.1. The van der Waals surface area contributed by atoms with Crippen LogP contribution in [-0.2, 0) is 6.61 Å². The zero-order valence-corrected chi connectivity index (χ0v) is 21.1. The third-order valence-electron chi connectivity index (χ3n) is 5.33. The van der Waals surface area contributed by atoms with Crippen LogP contribution in [0, 0.1) is 6.92 Å². The number of hydrazone groups is 1. The average molecular weight is 532 g/mol. The summed E-state index contributed by atoms with van der Waals surface area (Å²) in [5.41, 5.74) is 6.06. The number of nitrogens with one attached hydrogen (secondary N) is 2. The van der Waals surface area contributed by atoms with Crippen molar-refractivity contribution in [1.82, 2.24) is 5.43 Å². The van der Waals surface area contributed by atoms with E-state index in [0.29, 0.717) is 30.4 Å². The van der Waals surface area contributed by atoms with E-state index in [1.54, 1.807) is 6.21 Å². The van der Waals surface area contributed by atoms with E-state index in [-0.39, 0.29) is 0 Å². The van der Waals surface area contributed by atoms with E-state index in [9.17, 15) is 4.79 Å². The third-order valence-corrected chi connectivity index (χ3v) is 6.22. The fourth-order valence-corrected chi connectivity index (χ4v) is 3.86. The first-order chi connectivity index (χ1) is 17.0. The molecule has 0 spiro atoms. The molecule has 0 unspecified atom stereocenters. The predicted octanol–water partition coefficient (Wildman–Crippen LogP) is 7.04. The van der Waals surface area contributed by atoms with Crippen LogP contribution in [0.25, 0.3) is 10.8 Å². The second kappa shape index (κ2) is 11.5. The van der Waals surface area contributed by atoms with E-state index < -0.39 is 6.03 Å². The van der Waals surface area contributed by atoms with E-state index in [2.05, 4.69) is 56.0 Å². The van der Waals surface area contributed by atoms with Gasteiger partial charge in [0.1, 0.15) is 6.61 Å². The number of aryl methyl sites for hydroxylation is 1. The summed E-state index contributed by atoms with van der Waals surface area (Å²) in [4.78, 5) is 12.1. The van der Waals surface area contributed by atoms with Crippen LogP contribution in [0.5, 0.6) is 11.5 Å². The van der Waals surface area contributed by atoms with Gasteiger partial charge in [0.25, 0.3) is 0 Å². The van der Waals surface area contributed by atoms with Crippen LogP contribution in [0.15, 0.2) is 88.4 Å². The van der Waals surface area contributed by atoms with Crippen LogP contribution in [0.4, 0.5) is 10.5 Å². The molecule has 2 N–H and O–H groups in total. The average Bonchev–Trinajstić information content (AvgIpc) is 2.86. The van der Waals surface area contributed by atoms with Crippen molar-refractivity contribution in [3.63, 3.8) is 0 Å². The number of rotatable bonds is 8. The molecule has 4 aromatic rings. The van der Waals surface area contributed by atoms with Gasteiger partial charge in [0.05, 0.1) is 12.8 Å². The zero-order chi connectivity index (χ0) is 24.6. The first kappa shape index (κ1) is 24.3. The number of carbonyl (C=O) groups excluding carboxylic acids is 1. The number of urea groups is 1. The smallest absolute Gasteiger partial charge is 0.339 e. The van der Waals surface area contributed by atoms with Crippen molar-refractivity contribution in [1.29, 1.82) is 0 Å². The fourth-order valence-electron chi connectivity index (χ4n) is 3.61. The van der Waals surface area contributed by atoms with Gasteiger partial charge in [0.2, 0.25) is 0 Å². The molecular weight excluding hydrogens is 506 g/mol. The molecule has 0 aromatic heterocycles. The molecule has 0 aliphatic heterocycles. The monoisotopic (exact) mass is 531 g/mol. The van der Waals surface area contributed by atoms with Gasteiger partial charge in [-0.25, -0.2) is 10.2 Å². The van der Waals surface area contributed by atoms with Crippen molar-refractivity contribution in [3.8, 4) is 11.5 Å². The summed E-state index contributed by atoms with van der Waals surface area (Å²) in [6.45, 7) is 4.80. The Morgan fingerprint density at radius 2 is 1.80 bits per heavy atom. The third kappa shape index (κ3) is 6.39. The highest BCUT2D eigenvalue weighted by Gasteiger charge is 2.08. The van der Waals surface area contributed by atoms with Crippen LogP contribution in [0.2, 0.25) is 0 Å². The second-order valence-electron chi connectivity index (χ2n) is 7.85. The summed E-state index contributed by atoms with van der Waals surface area (Å²) >= 11 is 3.45. The molecule has 0 bridgehead atoms. The topological polar surface area (TPSA) is 72.0 Å². The van der Waals surface area contributed by atoms with Gasteiger partial charge in [0, 0.05) is 10.2 Å². The first-order valence-electron chi connectivity index (χ1n) is 11.3. The second-order valence-corrected chi connectivity index (χ2v) is 8.71. The molecule has 4 aromatic carbocycles. The number of anilines is 1. The van der Waals surface area contributed by atoms with Crippen molar-refractivity contribution in [2.75, 3.05) is 11.9 Å². The number of halogens is 1. The van der Waals surface area contributed by atoms with Crippen LogP contribution in [0.1, 0.15) is 23.6 Å². The Balaban J connectivity index is 1.40. The van der Waals surface area contributed by atoms with Gasteiger partial charge in [-0.05, 0) is 77.7 Å². The molecule has 0 radical (unpaired) electrons. The lowest BCUT2D eigenvalue weighted by molar-refractivity contribution is 0.252. The highest BCUT2D eigenvalue weighted by Crippen LogP contribution is 2.30. The maximum Gasteiger partial charge on any atom is 0.339 e. The van der Waals surface area contributed by atoms with E-state index in [1.807, 2.05) is 68.4 Å². The zero-order valence-electron chi connectivity index (χ0n) is 19.5. The molecule has 0 saturated carbocycles. The van der Waals surface area contributed by atoms with Gasteiger partial charge in [-0.3, -0.25) is 0 Å². The summed E-state index contributed by atoms with van der Waals surface area (Å²) in [6, 6.07) is 25.1. The Hall–Kier alpha value is -3.84. The molecule has 7 heteroatoms. The number of nitrogens with zero attached hydrogens (tertiary/aromatic N) is 1. The molecule has 35 heavy (non-hydrogen) atoms. The Morgan fingerprint density at radius 3 is 2.63 bits per heavy atom. The Bertz CT molecular complexity index is 1370. The van der Waals surface area contributed by atoms with Crippen LogP contribution >= 0.6 is 15.9 Å². The lowest BCUT2D eigenvalue weighted by Crippen LogP contribution is -2.24. The fraction of sp³-hybridized carbons (Fsp3) is 0.143. The molecule has 178 valence electrons. The minimum Gasteiger partial charge on any atom is -0.490 e. The molecule has 0 saturated heterocycles. The summed E-state index contributed by atoms with van der Waals surface area (Å²) in [7, 11) is 0. The van der Waals surface area contributed by atoms with Crippen molar-refractivity contribution < 1.29 is 14.3 Å². The Labute approximate surface area is 213 Å². The van der Waals surface area contributed by atoms with Crippen molar-refractivity contribution in [2.24, 2.45) is 5.10 Å². The standard InChI is InChI=1S/C28H26BrN3O3/c1-3-34-27-16-20(17-30-32-28(33)31-23-12-13-25(29)19(2)15-23)11-14-26(27)35-18-22-9-6-8-21-7-4-5-10-24(21)22/h4-17H,3,18H2,1-2H3,(H2,31,32,33)/b30-17+. The highest BCUT2D eigenvalue weighted by molar-refractivity contribution is 9.10. The van der Waals surface area contributed by atoms with Gasteiger partial charge in [-0.2, -0.15) is 5.10 Å². The van der Waals surface area contributed by atoms with Crippen molar-refractivity contribution in [3.05, 3.63) is 100 Å². The predicted molar refractivity (Wildman–Crippen MR) is 145 cm³/mol. The summed E-state index contributed by atoms with van der Waals surface area (Å²) in [5, 5.41) is 9.14. The van der Waals surface area contributed by atoms with Crippen LogP contribution < -0.4 is 20.2 Å². The molecule has 0 aliphatic rings. The Kier molecular flexibility index (Phi) is 8.00. The molecule has 0 atom stereocenters. The number of benzene rings is 4. The van der Waals surface area contributed by atoms with Gasteiger partial charge < -0.3 is 14.8 Å². The molecule has 2 amide bonds. The SMILES string of the molecule is CCOc1cc(/C=N/NC(=O)Nc2ccc(Br)c(C)c2)ccc1OCc1cccc2ccccc12. The minimum absolute atomic E-state index is 0.423. The van der Waals surface area contributed by atoms with E-state index in [0.717, 1.165) is 21.2 Å². The number of ether oxygens (including phenoxy) is 2. The summed E-state index contributed by atoms with van der Waals surface area (Å²) < 4.78 is 12.9. The van der Waals surface area contributed by atoms with Gasteiger partial charge in [-0.1, -0.05) is 58.4 Å². The summed E-state index contributed by atoms with van der Waals surface area (Å²) in [5.74, 6) is 1.26. The van der Waals surface area contributed by atoms with Crippen LogP contribution in [-0.4, -0.2) is 18.9 Å². The largest absolute Gasteiger partial charge is 0.490 e. The number of hydrogen-bond donors (Lipinski definition) is 2. The van der Waals surface area contributed by atoms with Crippen molar-refractivity contribution >= 4 is 44.6 Å². The molecular formula is C28H26BrN3O3. The van der Waals surface area contributed by atoms with E-state index in [4.69, 9.17) is 9.47 Å². The minimum atomic E-state index is -0.428. The van der Waals surface area contributed by atoms with Gasteiger partial charge in [0.15, 0.2) is 11.5 Å². The van der Waals surface area contributed by atoms with E-state index in [1.165, 1.54) is 10.8 Å². The highest BCUT2D eigenvalue weighted by atomic mass is 79.9. The van der Waals surface area contributed by atoms with Crippen molar-refractivity contribution in [2.45, 2.75) is 20.5 Å². The summed E-state index contributed by atoms with van der Waals surface area (Å²) in [6.07, 6.45) is 1.56. The lowest BCUT2D eigenvalue weighted by Gasteiger charge is -2.13. The Morgan fingerprint density at radius 1 is 0.971 bits per heavy atom. The first-order valence-corrected chi connectivity index (χ1v) is 12.1. The molecule has 0 aliphatic carbocycles.